The van der Waals surface area contributed by atoms with Crippen LogP contribution in [0.1, 0.15) is 0 Å². The van der Waals surface area contributed by atoms with E-state index in [0.29, 0.717) is 9.50 Å². The third kappa shape index (κ3) is 3.48. The van der Waals surface area contributed by atoms with Crippen molar-refractivity contribution >= 4 is 33.3 Å². The molecule has 1 aromatic heterocycles. The van der Waals surface area contributed by atoms with Gasteiger partial charge in [0.1, 0.15) is 5.82 Å². The molecular formula is C8H6BrClF4N2. The summed E-state index contributed by atoms with van der Waals surface area (Å²) in [6.45, 7) is -1.20. The van der Waals surface area contributed by atoms with E-state index >= 15 is 0 Å². The Balaban J connectivity index is 2.68. The van der Waals surface area contributed by atoms with Gasteiger partial charge in [-0.05, 0) is 22.0 Å². The summed E-state index contributed by atoms with van der Waals surface area (Å²) in [4.78, 5) is 3.67. The van der Waals surface area contributed by atoms with Crippen LogP contribution >= 0.6 is 27.5 Å². The van der Waals surface area contributed by atoms with Crippen molar-refractivity contribution in [3.63, 3.8) is 0 Å². The molecule has 0 aliphatic carbocycles. The fourth-order valence-corrected chi connectivity index (χ4v) is 1.60. The molecular weight excluding hydrogens is 315 g/mol. The second-order valence-corrected chi connectivity index (χ2v) is 4.19. The lowest BCUT2D eigenvalue weighted by atomic mass is 10.3. The molecule has 90 valence electrons. The van der Waals surface area contributed by atoms with Gasteiger partial charge in [0.2, 0.25) is 0 Å². The van der Waals surface area contributed by atoms with Gasteiger partial charge in [0.05, 0.1) is 16.0 Å². The molecule has 0 aliphatic rings. The number of anilines is 1. The highest BCUT2D eigenvalue weighted by molar-refractivity contribution is 9.10. The van der Waals surface area contributed by atoms with Crippen LogP contribution in [0.15, 0.2) is 16.7 Å². The lowest BCUT2D eigenvalue weighted by Crippen LogP contribution is -2.35. The summed E-state index contributed by atoms with van der Waals surface area (Å²) in [6, 6.07) is 1.41. The van der Waals surface area contributed by atoms with Crippen molar-refractivity contribution in [2.24, 2.45) is 0 Å². The number of hydrogen-bond donors (Lipinski definition) is 1. The average molecular weight is 321 g/mol. The van der Waals surface area contributed by atoms with E-state index in [0.717, 1.165) is 0 Å². The molecule has 0 aromatic carbocycles. The Bertz CT molecular complexity index is 375. The molecule has 0 bridgehead atoms. The zero-order valence-corrected chi connectivity index (χ0v) is 10.00. The molecule has 0 atom stereocenters. The molecule has 16 heavy (non-hydrogen) atoms. The molecule has 0 aliphatic heterocycles. The quantitative estimate of drug-likeness (QED) is 0.853. The molecule has 1 rings (SSSR count). The Morgan fingerprint density at radius 3 is 2.62 bits per heavy atom. The second kappa shape index (κ2) is 5.18. The predicted molar refractivity (Wildman–Crippen MR) is 56.4 cm³/mol. The van der Waals surface area contributed by atoms with Crippen molar-refractivity contribution in [2.75, 3.05) is 11.9 Å². The Morgan fingerprint density at radius 2 is 2.12 bits per heavy atom. The van der Waals surface area contributed by atoms with E-state index in [-0.39, 0.29) is 5.82 Å². The van der Waals surface area contributed by atoms with Crippen LogP contribution in [0.4, 0.5) is 23.4 Å². The number of aromatic nitrogens is 1. The molecule has 0 spiro atoms. The molecule has 0 saturated heterocycles. The average Bonchev–Trinajstić information content (AvgIpc) is 2.16. The number of rotatable bonds is 4. The number of pyridine rings is 1. The zero-order chi connectivity index (χ0) is 12.3. The minimum absolute atomic E-state index is 0.0322. The molecule has 8 heteroatoms. The van der Waals surface area contributed by atoms with Crippen LogP contribution in [0, 0.1) is 0 Å². The summed E-state index contributed by atoms with van der Waals surface area (Å²) in [7, 11) is 0. The van der Waals surface area contributed by atoms with Crippen molar-refractivity contribution in [3.8, 4) is 0 Å². The number of nitrogens with zero attached hydrogens (tertiary/aromatic N) is 1. The minimum atomic E-state index is -4.10. The van der Waals surface area contributed by atoms with Crippen LogP contribution in [0.2, 0.25) is 5.02 Å². The summed E-state index contributed by atoms with van der Waals surface area (Å²) in [5.41, 5.74) is 0. The largest absolute Gasteiger partial charge is 0.363 e. The van der Waals surface area contributed by atoms with Crippen molar-refractivity contribution in [1.82, 2.24) is 4.98 Å². The molecule has 1 N–H and O–H groups in total. The first-order chi connectivity index (χ1) is 7.33. The fourth-order valence-electron chi connectivity index (χ4n) is 0.823. The first-order valence-corrected chi connectivity index (χ1v) is 5.21. The molecule has 0 saturated carbocycles. The van der Waals surface area contributed by atoms with Gasteiger partial charge in [-0.25, -0.2) is 13.8 Å². The standard InChI is InChI=1S/C8H6BrClF4N2/c9-5-1-4(10)2-15-6(5)16-3-8(13,14)7(11)12/h1-2,7H,3H2,(H,15,16). The van der Waals surface area contributed by atoms with Crippen molar-refractivity contribution in [2.45, 2.75) is 12.3 Å². The monoisotopic (exact) mass is 320 g/mol. The highest BCUT2D eigenvalue weighted by Gasteiger charge is 2.40. The van der Waals surface area contributed by atoms with E-state index < -0.39 is 18.9 Å². The highest BCUT2D eigenvalue weighted by atomic mass is 79.9. The third-order valence-electron chi connectivity index (χ3n) is 1.62. The van der Waals surface area contributed by atoms with Crippen LogP contribution in [0.25, 0.3) is 0 Å². The van der Waals surface area contributed by atoms with Gasteiger partial charge in [0, 0.05) is 6.20 Å². The number of alkyl halides is 4. The summed E-state index contributed by atoms with van der Waals surface area (Å²) < 4.78 is 49.1. The number of halogens is 6. The highest BCUT2D eigenvalue weighted by Crippen LogP contribution is 2.26. The van der Waals surface area contributed by atoms with Crippen molar-refractivity contribution in [1.29, 1.82) is 0 Å². The molecule has 1 aromatic rings. The summed E-state index contributed by atoms with van der Waals surface area (Å²) in [5.74, 6) is -4.06. The number of hydrogen-bond acceptors (Lipinski definition) is 2. The molecule has 0 fully saturated rings. The Labute approximate surface area is 102 Å². The third-order valence-corrected chi connectivity index (χ3v) is 2.43. The van der Waals surface area contributed by atoms with Gasteiger partial charge in [0.15, 0.2) is 0 Å². The van der Waals surface area contributed by atoms with Gasteiger partial charge in [-0.1, -0.05) is 11.6 Å². The maximum atomic E-state index is 12.6. The van der Waals surface area contributed by atoms with Gasteiger partial charge < -0.3 is 5.32 Å². The molecule has 0 unspecified atom stereocenters. The SMILES string of the molecule is FC(F)C(F)(F)CNc1ncc(Cl)cc1Br. The topological polar surface area (TPSA) is 24.9 Å². The molecule has 2 nitrogen and oxygen atoms in total. The Hall–Kier alpha value is -0.560. The van der Waals surface area contributed by atoms with Gasteiger partial charge in [-0.3, -0.25) is 0 Å². The maximum Gasteiger partial charge on any atom is 0.324 e. The summed E-state index contributed by atoms with van der Waals surface area (Å²) >= 11 is 8.58. The van der Waals surface area contributed by atoms with E-state index in [1.807, 2.05) is 0 Å². The molecule has 1 heterocycles. The first kappa shape index (κ1) is 13.5. The fraction of sp³-hybridized carbons (Fsp3) is 0.375. The normalized spacial score (nSPS) is 11.9. The van der Waals surface area contributed by atoms with E-state index in [2.05, 4.69) is 26.2 Å². The molecule has 0 radical (unpaired) electrons. The lowest BCUT2D eigenvalue weighted by molar-refractivity contribution is -0.117. The van der Waals surface area contributed by atoms with Crippen LogP contribution in [0.3, 0.4) is 0 Å². The van der Waals surface area contributed by atoms with Gasteiger partial charge in [-0.15, -0.1) is 0 Å². The summed E-state index contributed by atoms with van der Waals surface area (Å²) in [5, 5.41) is 2.42. The maximum absolute atomic E-state index is 12.6. The van der Waals surface area contributed by atoms with Crippen LogP contribution in [0.5, 0.6) is 0 Å². The lowest BCUT2D eigenvalue weighted by Gasteiger charge is -2.16. The van der Waals surface area contributed by atoms with Crippen LogP contribution < -0.4 is 5.32 Å². The first-order valence-electron chi connectivity index (χ1n) is 4.04. The van der Waals surface area contributed by atoms with E-state index in [1.165, 1.54) is 12.3 Å². The van der Waals surface area contributed by atoms with E-state index in [1.54, 1.807) is 0 Å². The van der Waals surface area contributed by atoms with E-state index in [4.69, 9.17) is 11.6 Å². The van der Waals surface area contributed by atoms with Crippen LogP contribution in [-0.2, 0) is 0 Å². The van der Waals surface area contributed by atoms with Crippen molar-refractivity contribution in [3.05, 3.63) is 21.8 Å². The smallest absolute Gasteiger partial charge is 0.324 e. The summed E-state index contributed by atoms with van der Waals surface area (Å²) in [6.07, 6.45) is -2.50. The minimum Gasteiger partial charge on any atom is -0.363 e. The second-order valence-electron chi connectivity index (χ2n) is 2.90. The van der Waals surface area contributed by atoms with Gasteiger partial charge in [-0.2, -0.15) is 8.78 Å². The zero-order valence-electron chi connectivity index (χ0n) is 7.65. The molecule has 0 amide bonds. The number of nitrogens with one attached hydrogen (secondary N) is 1. The van der Waals surface area contributed by atoms with Crippen molar-refractivity contribution < 1.29 is 17.6 Å². The predicted octanol–water partition coefficient (Wildman–Crippen LogP) is 3.81. The van der Waals surface area contributed by atoms with Gasteiger partial charge >= 0.3 is 12.3 Å². The Morgan fingerprint density at radius 1 is 1.50 bits per heavy atom. The van der Waals surface area contributed by atoms with Gasteiger partial charge in [0.25, 0.3) is 0 Å². The Kier molecular flexibility index (Phi) is 4.37. The van der Waals surface area contributed by atoms with Crippen LogP contribution in [-0.4, -0.2) is 23.9 Å². The van der Waals surface area contributed by atoms with E-state index in [9.17, 15) is 17.6 Å².